The second kappa shape index (κ2) is 7.99. The van der Waals surface area contributed by atoms with Crippen LogP contribution in [-0.4, -0.2) is 50.5 Å². The zero-order chi connectivity index (χ0) is 21.2. The van der Waals surface area contributed by atoms with E-state index in [0.717, 1.165) is 0 Å². The van der Waals surface area contributed by atoms with E-state index in [4.69, 9.17) is 14.2 Å². The van der Waals surface area contributed by atoms with Crippen molar-refractivity contribution < 1.29 is 31.0 Å². The number of hydrogen-bond donors (Lipinski definition) is 1. The van der Waals surface area contributed by atoms with Gasteiger partial charge < -0.3 is 14.2 Å². The van der Waals surface area contributed by atoms with Crippen molar-refractivity contribution in [2.45, 2.75) is 11.3 Å². The van der Waals surface area contributed by atoms with Crippen LogP contribution in [0.5, 0.6) is 17.2 Å². The minimum Gasteiger partial charge on any atom is -0.497 e. The smallest absolute Gasteiger partial charge is 0.265 e. The summed E-state index contributed by atoms with van der Waals surface area (Å²) in [7, 11) is -3.23. The molecule has 0 unspecified atom stereocenters. The second-order valence-corrected chi connectivity index (χ2v) is 9.91. The second-order valence-electron chi connectivity index (χ2n) is 6.25. The molecular formula is C18H22N2O7S2. The fourth-order valence-electron chi connectivity index (χ4n) is 3.04. The molecule has 0 bridgehead atoms. The zero-order valence-electron chi connectivity index (χ0n) is 16.2. The Morgan fingerprint density at radius 3 is 2.28 bits per heavy atom. The lowest BCUT2D eigenvalue weighted by atomic mass is 10.2. The molecule has 1 aliphatic heterocycles. The molecule has 1 heterocycles. The van der Waals surface area contributed by atoms with Gasteiger partial charge in [-0.25, -0.2) is 16.8 Å². The topological polar surface area (TPSA) is 111 Å². The molecule has 29 heavy (non-hydrogen) atoms. The maximum absolute atomic E-state index is 13.0. The van der Waals surface area contributed by atoms with E-state index in [1.165, 1.54) is 56.0 Å². The first-order valence-electron chi connectivity index (χ1n) is 8.65. The largest absolute Gasteiger partial charge is 0.497 e. The summed E-state index contributed by atoms with van der Waals surface area (Å²) < 4.78 is 69.5. The van der Waals surface area contributed by atoms with E-state index in [-0.39, 0.29) is 27.8 Å². The molecule has 158 valence electrons. The normalized spacial score (nSPS) is 15.8. The van der Waals surface area contributed by atoms with Gasteiger partial charge in [0.05, 0.1) is 38.5 Å². The molecule has 0 radical (unpaired) electrons. The Balaban J connectivity index is 1.98. The fraction of sp³-hybridized carbons (Fsp3) is 0.333. The highest BCUT2D eigenvalue weighted by Crippen LogP contribution is 2.35. The van der Waals surface area contributed by atoms with Crippen LogP contribution in [-0.2, 0) is 20.0 Å². The minimum absolute atomic E-state index is 0.0827. The maximum atomic E-state index is 13.0. The molecular weight excluding hydrogens is 420 g/mol. The molecule has 1 fully saturated rings. The number of ether oxygens (including phenoxy) is 3. The highest BCUT2D eigenvalue weighted by atomic mass is 32.2. The molecule has 0 amide bonds. The number of methoxy groups -OCH3 is 3. The monoisotopic (exact) mass is 442 g/mol. The third kappa shape index (κ3) is 4.20. The first-order chi connectivity index (χ1) is 13.7. The van der Waals surface area contributed by atoms with Crippen LogP contribution < -0.4 is 23.2 Å². The van der Waals surface area contributed by atoms with Gasteiger partial charge in [0.2, 0.25) is 10.0 Å². The molecule has 11 heteroatoms. The Hall–Kier alpha value is -2.66. The molecule has 1 saturated heterocycles. The van der Waals surface area contributed by atoms with Crippen molar-refractivity contribution in [1.82, 2.24) is 0 Å². The van der Waals surface area contributed by atoms with Crippen LogP contribution in [0, 0.1) is 0 Å². The van der Waals surface area contributed by atoms with E-state index in [1.807, 2.05) is 0 Å². The number of hydrogen-bond acceptors (Lipinski definition) is 7. The van der Waals surface area contributed by atoms with Crippen molar-refractivity contribution in [2.24, 2.45) is 0 Å². The quantitative estimate of drug-likeness (QED) is 0.699. The summed E-state index contributed by atoms with van der Waals surface area (Å²) in [5, 5.41) is 0. The summed E-state index contributed by atoms with van der Waals surface area (Å²) in [6.07, 6.45) is 0.536. The number of benzene rings is 2. The van der Waals surface area contributed by atoms with Crippen LogP contribution in [0.25, 0.3) is 0 Å². The minimum atomic E-state index is -4.04. The average Bonchev–Trinajstić information content (AvgIpc) is 3.06. The third-order valence-corrected chi connectivity index (χ3v) is 7.73. The molecule has 9 nitrogen and oxygen atoms in total. The summed E-state index contributed by atoms with van der Waals surface area (Å²) >= 11 is 0. The molecule has 2 aromatic rings. The van der Waals surface area contributed by atoms with Gasteiger partial charge in [-0.15, -0.1) is 0 Å². The van der Waals surface area contributed by atoms with Crippen molar-refractivity contribution in [3.8, 4) is 17.2 Å². The lowest BCUT2D eigenvalue weighted by molar-refractivity contribution is 0.392. The van der Waals surface area contributed by atoms with Crippen LogP contribution >= 0.6 is 0 Å². The summed E-state index contributed by atoms with van der Waals surface area (Å²) in [6, 6.07) is 8.91. The van der Waals surface area contributed by atoms with Gasteiger partial charge in [0, 0.05) is 18.7 Å². The van der Waals surface area contributed by atoms with Gasteiger partial charge >= 0.3 is 0 Å². The van der Waals surface area contributed by atoms with Crippen molar-refractivity contribution in [1.29, 1.82) is 0 Å². The molecule has 0 aliphatic carbocycles. The molecule has 0 saturated carbocycles. The SMILES string of the molecule is COc1ccc(OC)c(S(=O)(=O)Nc2ccc(N3CCCS3(=O)=O)cc2OC)c1. The standard InChI is InChI=1S/C18H22N2O7S2/c1-25-14-6-8-16(26-2)18(12-14)29(23,24)19-15-7-5-13(11-17(15)27-3)20-9-4-10-28(20,21)22/h5-8,11-12,19H,4,9-10H2,1-3H3. The lowest BCUT2D eigenvalue weighted by Crippen LogP contribution is -2.25. The van der Waals surface area contributed by atoms with Gasteiger partial charge in [-0.2, -0.15) is 0 Å². The Labute approximate surface area is 170 Å². The Kier molecular flexibility index (Phi) is 5.80. The number of sulfonamides is 2. The Morgan fingerprint density at radius 2 is 1.69 bits per heavy atom. The molecule has 0 atom stereocenters. The van der Waals surface area contributed by atoms with E-state index >= 15 is 0 Å². The fourth-order valence-corrected chi connectivity index (χ4v) is 5.85. The Morgan fingerprint density at radius 1 is 0.966 bits per heavy atom. The Bertz CT molecular complexity index is 1120. The molecule has 0 spiro atoms. The molecule has 2 aromatic carbocycles. The van der Waals surface area contributed by atoms with E-state index < -0.39 is 20.0 Å². The predicted octanol–water partition coefficient (Wildman–Crippen LogP) is 2.05. The highest BCUT2D eigenvalue weighted by Gasteiger charge is 2.29. The molecule has 3 rings (SSSR count). The van der Waals surface area contributed by atoms with Crippen molar-refractivity contribution in [2.75, 3.05) is 42.7 Å². The van der Waals surface area contributed by atoms with Crippen molar-refractivity contribution in [3.63, 3.8) is 0 Å². The summed E-state index contributed by atoms with van der Waals surface area (Å²) in [5.41, 5.74) is 0.582. The van der Waals surface area contributed by atoms with Gasteiger partial charge in [-0.05, 0) is 30.7 Å². The summed E-state index contributed by atoms with van der Waals surface area (Å²) in [4.78, 5) is -0.104. The van der Waals surface area contributed by atoms with E-state index in [1.54, 1.807) is 6.07 Å². The molecule has 1 aliphatic rings. The number of rotatable bonds is 7. The van der Waals surface area contributed by atoms with Crippen LogP contribution in [0.2, 0.25) is 0 Å². The van der Waals surface area contributed by atoms with E-state index in [0.29, 0.717) is 24.4 Å². The maximum Gasteiger partial charge on any atom is 0.265 e. The van der Waals surface area contributed by atoms with Crippen LogP contribution in [0.1, 0.15) is 6.42 Å². The predicted molar refractivity (Wildman–Crippen MR) is 109 cm³/mol. The first-order valence-corrected chi connectivity index (χ1v) is 11.7. The number of anilines is 2. The van der Waals surface area contributed by atoms with E-state index in [9.17, 15) is 16.8 Å². The van der Waals surface area contributed by atoms with E-state index in [2.05, 4.69) is 4.72 Å². The van der Waals surface area contributed by atoms with Gasteiger partial charge in [-0.1, -0.05) is 0 Å². The van der Waals surface area contributed by atoms with Gasteiger partial charge in [-0.3, -0.25) is 9.03 Å². The highest BCUT2D eigenvalue weighted by molar-refractivity contribution is 7.93. The summed E-state index contributed by atoms with van der Waals surface area (Å²) in [6.45, 7) is 0.373. The van der Waals surface area contributed by atoms with Gasteiger partial charge in [0.15, 0.2) is 0 Å². The lowest BCUT2D eigenvalue weighted by Gasteiger charge is -2.19. The molecule has 1 N–H and O–H groups in total. The summed E-state index contributed by atoms with van der Waals surface area (Å²) in [5.74, 6) is 0.777. The van der Waals surface area contributed by atoms with Gasteiger partial charge in [0.1, 0.15) is 22.1 Å². The van der Waals surface area contributed by atoms with Crippen molar-refractivity contribution >= 4 is 31.4 Å². The molecule has 0 aromatic heterocycles. The number of nitrogens with zero attached hydrogens (tertiary/aromatic N) is 1. The average molecular weight is 443 g/mol. The van der Waals surface area contributed by atoms with Crippen molar-refractivity contribution in [3.05, 3.63) is 36.4 Å². The first kappa shape index (κ1) is 21.1. The third-order valence-electron chi connectivity index (χ3n) is 4.48. The van der Waals surface area contributed by atoms with Crippen LogP contribution in [0.15, 0.2) is 41.3 Å². The number of nitrogens with one attached hydrogen (secondary N) is 1. The zero-order valence-corrected chi connectivity index (χ0v) is 17.8. The van der Waals surface area contributed by atoms with Crippen LogP contribution in [0.3, 0.4) is 0 Å². The van der Waals surface area contributed by atoms with Gasteiger partial charge in [0.25, 0.3) is 10.0 Å². The van der Waals surface area contributed by atoms with Crippen LogP contribution in [0.4, 0.5) is 11.4 Å².